The molecule has 0 aromatic heterocycles. The van der Waals surface area contributed by atoms with E-state index in [-0.39, 0.29) is 11.7 Å². The molecule has 1 unspecified atom stereocenters. The fraction of sp³-hybridized carbons (Fsp3) is 0.667. The minimum atomic E-state index is -0.495. The van der Waals surface area contributed by atoms with Gasteiger partial charge in [-0.05, 0) is 45.6 Å². The van der Waals surface area contributed by atoms with Gasteiger partial charge in [0.15, 0.2) is 0 Å². The van der Waals surface area contributed by atoms with E-state index in [9.17, 15) is 9.90 Å². The smallest absolute Gasteiger partial charge is 0.139 e. The highest BCUT2D eigenvalue weighted by molar-refractivity contribution is 5.83. The Hall–Kier alpha value is -0.890. The van der Waals surface area contributed by atoms with Gasteiger partial charge in [0.1, 0.15) is 5.78 Å². The van der Waals surface area contributed by atoms with Crippen LogP contribution in [-0.4, -0.2) is 17.0 Å². The van der Waals surface area contributed by atoms with Crippen LogP contribution in [0, 0.1) is 5.92 Å². The molecule has 0 spiro atoms. The maximum Gasteiger partial charge on any atom is 0.139 e. The number of aliphatic hydroxyl groups is 1. The zero-order chi connectivity index (χ0) is 13.0. The van der Waals surface area contributed by atoms with Crippen LogP contribution in [0.15, 0.2) is 22.8 Å². The quantitative estimate of drug-likeness (QED) is 0.654. The number of hydrogen-bond acceptors (Lipinski definition) is 2. The monoisotopic (exact) mass is 236 g/mol. The van der Waals surface area contributed by atoms with Crippen molar-refractivity contribution >= 4 is 5.78 Å². The summed E-state index contributed by atoms with van der Waals surface area (Å²) in [5.41, 5.74) is 3.21. The molecule has 0 saturated heterocycles. The maximum atomic E-state index is 12.0. The summed E-state index contributed by atoms with van der Waals surface area (Å²) in [5.74, 6) is 0.354. The van der Waals surface area contributed by atoms with E-state index in [2.05, 4.69) is 13.0 Å². The molecule has 2 nitrogen and oxygen atoms in total. The van der Waals surface area contributed by atoms with E-state index < -0.39 is 6.10 Å². The van der Waals surface area contributed by atoms with Crippen LogP contribution in [0.4, 0.5) is 0 Å². The lowest BCUT2D eigenvalue weighted by atomic mass is 9.87. The molecule has 1 aliphatic carbocycles. The van der Waals surface area contributed by atoms with Crippen LogP contribution < -0.4 is 0 Å². The predicted molar refractivity (Wildman–Crippen MR) is 70.8 cm³/mol. The number of ketones is 1. The normalized spacial score (nSPS) is 27.7. The molecule has 0 radical (unpaired) electrons. The first-order valence-corrected chi connectivity index (χ1v) is 6.44. The summed E-state index contributed by atoms with van der Waals surface area (Å²) >= 11 is 0. The Balaban J connectivity index is 2.99. The number of carbonyl (C=O) groups excluding carboxylic acids is 1. The largest absolute Gasteiger partial charge is 0.388 e. The van der Waals surface area contributed by atoms with Crippen LogP contribution >= 0.6 is 0 Å². The molecule has 0 aromatic rings. The van der Waals surface area contributed by atoms with Gasteiger partial charge in [-0.1, -0.05) is 24.1 Å². The van der Waals surface area contributed by atoms with Gasteiger partial charge in [0.05, 0.1) is 6.10 Å². The van der Waals surface area contributed by atoms with Crippen LogP contribution in [0.2, 0.25) is 0 Å². The zero-order valence-electron chi connectivity index (χ0n) is 11.4. The number of carbonyl (C=O) groups is 1. The van der Waals surface area contributed by atoms with E-state index in [1.807, 2.05) is 20.8 Å². The Morgan fingerprint density at radius 1 is 1.41 bits per heavy atom. The lowest BCUT2D eigenvalue weighted by Gasteiger charge is -2.20. The van der Waals surface area contributed by atoms with E-state index in [1.54, 1.807) is 0 Å². The molecule has 1 aliphatic rings. The number of Topliss-reactive ketones (excluding diaryl/α,β-unsaturated/α-hetero) is 1. The van der Waals surface area contributed by atoms with Gasteiger partial charge in [0.2, 0.25) is 0 Å². The molecule has 0 heterocycles. The van der Waals surface area contributed by atoms with E-state index in [0.29, 0.717) is 12.8 Å². The number of rotatable bonds is 0. The lowest BCUT2D eigenvalue weighted by molar-refractivity contribution is -0.122. The molecule has 96 valence electrons. The third-order valence-electron chi connectivity index (χ3n) is 3.57. The van der Waals surface area contributed by atoms with Gasteiger partial charge in [0, 0.05) is 12.3 Å². The highest BCUT2D eigenvalue weighted by atomic mass is 16.3. The second kappa shape index (κ2) is 6.15. The topological polar surface area (TPSA) is 37.3 Å². The van der Waals surface area contributed by atoms with Crippen molar-refractivity contribution in [2.24, 2.45) is 5.92 Å². The van der Waals surface area contributed by atoms with Gasteiger partial charge in [-0.15, -0.1) is 0 Å². The first-order valence-electron chi connectivity index (χ1n) is 6.44. The highest BCUT2D eigenvalue weighted by Crippen LogP contribution is 2.24. The molecule has 0 aliphatic heterocycles. The van der Waals surface area contributed by atoms with E-state index >= 15 is 0 Å². The van der Waals surface area contributed by atoms with Crippen molar-refractivity contribution in [2.45, 2.75) is 59.5 Å². The Labute approximate surface area is 104 Å². The fourth-order valence-electron chi connectivity index (χ4n) is 2.24. The Kier molecular flexibility index (Phi) is 5.13. The van der Waals surface area contributed by atoms with Crippen LogP contribution in [0.1, 0.15) is 53.4 Å². The second-order valence-corrected chi connectivity index (χ2v) is 5.42. The molecule has 0 amide bonds. The molecule has 0 fully saturated rings. The van der Waals surface area contributed by atoms with E-state index in [0.717, 1.165) is 24.0 Å². The van der Waals surface area contributed by atoms with Gasteiger partial charge in [0.25, 0.3) is 0 Å². The Bertz CT molecular complexity index is 346. The van der Waals surface area contributed by atoms with E-state index in [1.165, 1.54) is 5.57 Å². The third-order valence-corrected chi connectivity index (χ3v) is 3.57. The van der Waals surface area contributed by atoms with Crippen molar-refractivity contribution in [2.75, 3.05) is 0 Å². The molecule has 0 saturated carbocycles. The summed E-state index contributed by atoms with van der Waals surface area (Å²) in [7, 11) is 0. The molecule has 1 N–H and O–H groups in total. The van der Waals surface area contributed by atoms with Crippen molar-refractivity contribution < 1.29 is 9.90 Å². The Morgan fingerprint density at radius 3 is 2.65 bits per heavy atom. The molecule has 2 atom stereocenters. The molecular weight excluding hydrogens is 212 g/mol. The van der Waals surface area contributed by atoms with Crippen molar-refractivity contribution in [1.82, 2.24) is 0 Å². The first kappa shape index (κ1) is 14.2. The molecular formula is C15H24O2. The number of hydrogen-bond donors (Lipinski definition) is 1. The van der Waals surface area contributed by atoms with Crippen LogP contribution in [0.25, 0.3) is 0 Å². The molecule has 2 heteroatoms. The maximum absolute atomic E-state index is 12.0. The zero-order valence-corrected chi connectivity index (χ0v) is 11.4. The van der Waals surface area contributed by atoms with Crippen LogP contribution in [-0.2, 0) is 4.79 Å². The summed E-state index contributed by atoms with van der Waals surface area (Å²) in [6, 6.07) is 0. The van der Waals surface area contributed by atoms with Gasteiger partial charge in [-0.25, -0.2) is 0 Å². The second-order valence-electron chi connectivity index (χ2n) is 5.42. The summed E-state index contributed by atoms with van der Waals surface area (Å²) in [6.45, 7) is 7.99. The van der Waals surface area contributed by atoms with Crippen molar-refractivity contribution in [3.63, 3.8) is 0 Å². The highest BCUT2D eigenvalue weighted by Gasteiger charge is 2.21. The predicted octanol–water partition coefficient (Wildman–Crippen LogP) is 3.41. The van der Waals surface area contributed by atoms with Crippen LogP contribution in [0.3, 0.4) is 0 Å². The Morgan fingerprint density at radius 2 is 2.06 bits per heavy atom. The van der Waals surface area contributed by atoms with Crippen molar-refractivity contribution in [3.05, 3.63) is 22.8 Å². The van der Waals surface area contributed by atoms with Gasteiger partial charge in [-0.3, -0.25) is 4.79 Å². The van der Waals surface area contributed by atoms with Crippen molar-refractivity contribution in [3.8, 4) is 0 Å². The molecule has 1 rings (SSSR count). The molecule has 0 aromatic carbocycles. The van der Waals surface area contributed by atoms with Gasteiger partial charge in [-0.2, -0.15) is 0 Å². The average molecular weight is 236 g/mol. The third kappa shape index (κ3) is 4.12. The number of aliphatic hydroxyl groups excluding tert-OH is 1. The summed E-state index contributed by atoms with van der Waals surface area (Å²) in [5, 5.41) is 10.2. The lowest BCUT2D eigenvalue weighted by Crippen LogP contribution is -2.20. The minimum absolute atomic E-state index is 0.0960. The first-order chi connectivity index (χ1) is 7.91. The van der Waals surface area contributed by atoms with Gasteiger partial charge >= 0.3 is 0 Å². The van der Waals surface area contributed by atoms with Crippen LogP contribution in [0.5, 0.6) is 0 Å². The minimum Gasteiger partial charge on any atom is -0.388 e. The fourth-order valence-corrected chi connectivity index (χ4v) is 2.24. The molecule has 0 bridgehead atoms. The summed E-state index contributed by atoms with van der Waals surface area (Å²) < 4.78 is 0. The molecule has 17 heavy (non-hydrogen) atoms. The summed E-state index contributed by atoms with van der Waals surface area (Å²) in [6.07, 6.45) is 4.59. The van der Waals surface area contributed by atoms with E-state index in [4.69, 9.17) is 0 Å². The SMILES string of the molecule is CC1=CCC[C@H](C)C(=O)CC(=C(C)C)C(O)C1. The average Bonchev–Trinajstić information content (AvgIpc) is 2.23. The van der Waals surface area contributed by atoms with Crippen molar-refractivity contribution in [1.29, 1.82) is 0 Å². The summed E-state index contributed by atoms with van der Waals surface area (Å²) in [4.78, 5) is 12.0. The number of allylic oxidation sites excluding steroid dienone is 2. The standard InChI is InChI=1S/C15H24O2/c1-10(2)13-9-14(16)12(4)7-5-6-11(3)8-15(13)17/h6,12,15,17H,5,7-9H2,1-4H3/t12-,15?/m0/s1. The van der Waals surface area contributed by atoms with Gasteiger partial charge < -0.3 is 5.11 Å².